The molecular formula is C21H26N6O. The molecule has 1 fully saturated rings. The van der Waals surface area contributed by atoms with Gasteiger partial charge in [0, 0.05) is 32.6 Å². The maximum Gasteiger partial charge on any atom is 0.225 e. The third kappa shape index (κ3) is 3.69. The second-order valence-electron chi connectivity index (χ2n) is 7.41. The van der Waals surface area contributed by atoms with Gasteiger partial charge in [-0.15, -0.1) is 10.2 Å². The van der Waals surface area contributed by atoms with E-state index >= 15 is 0 Å². The number of hydrogen-bond donors (Lipinski definition) is 0. The van der Waals surface area contributed by atoms with Crippen molar-refractivity contribution in [2.24, 2.45) is 5.92 Å². The van der Waals surface area contributed by atoms with Gasteiger partial charge in [-0.2, -0.15) is 9.61 Å². The fourth-order valence-electron chi connectivity index (χ4n) is 3.88. The Morgan fingerprint density at radius 1 is 1.21 bits per heavy atom. The first kappa shape index (κ1) is 18.4. The molecule has 1 amide bonds. The molecule has 7 heteroatoms. The van der Waals surface area contributed by atoms with Crippen LogP contribution < -0.4 is 4.90 Å². The predicted octanol–water partition coefficient (Wildman–Crippen LogP) is 2.56. The summed E-state index contributed by atoms with van der Waals surface area (Å²) in [7, 11) is 1.90. The van der Waals surface area contributed by atoms with Crippen LogP contribution in [0, 0.1) is 5.92 Å². The normalized spacial score (nSPS) is 15.1. The highest BCUT2D eigenvalue weighted by Crippen LogP contribution is 2.27. The quantitative estimate of drug-likeness (QED) is 0.683. The van der Waals surface area contributed by atoms with Crippen molar-refractivity contribution >= 4 is 17.2 Å². The van der Waals surface area contributed by atoms with Crippen LogP contribution in [0.25, 0.3) is 5.65 Å². The average Bonchev–Trinajstić information content (AvgIpc) is 3.22. The third-order valence-electron chi connectivity index (χ3n) is 5.49. The van der Waals surface area contributed by atoms with E-state index in [0.717, 1.165) is 54.9 Å². The number of amides is 1. The number of carbonyl (C=O) groups is 1. The smallest absolute Gasteiger partial charge is 0.225 e. The van der Waals surface area contributed by atoms with E-state index in [2.05, 4.69) is 45.3 Å². The topological polar surface area (TPSA) is 66.6 Å². The number of fused-ring (bicyclic) bond motifs is 1. The van der Waals surface area contributed by atoms with Gasteiger partial charge in [-0.05, 0) is 30.9 Å². The standard InChI is InChI=1S/C21H26N6O/c1-3-18-13-19(20-23-22-15-27(20)24-18)26-11-9-17(10-12-26)21(28)25(2)14-16-7-5-4-6-8-16/h4-8,13,15,17H,3,9-12,14H2,1-2H3. The largest absolute Gasteiger partial charge is 0.368 e. The van der Waals surface area contributed by atoms with Crippen molar-refractivity contribution in [1.29, 1.82) is 0 Å². The second-order valence-corrected chi connectivity index (χ2v) is 7.41. The Morgan fingerprint density at radius 3 is 2.68 bits per heavy atom. The van der Waals surface area contributed by atoms with Crippen LogP contribution in [-0.4, -0.2) is 50.8 Å². The molecule has 0 radical (unpaired) electrons. The average molecular weight is 378 g/mol. The molecule has 1 aliphatic rings. The fourth-order valence-corrected chi connectivity index (χ4v) is 3.88. The van der Waals surface area contributed by atoms with E-state index in [1.54, 1.807) is 10.8 Å². The van der Waals surface area contributed by atoms with E-state index in [1.807, 2.05) is 30.1 Å². The molecule has 2 aromatic heterocycles. The first-order chi connectivity index (χ1) is 13.7. The van der Waals surface area contributed by atoms with Crippen molar-refractivity contribution in [3.63, 3.8) is 0 Å². The van der Waals surface area contributed by atoms with Crippen LogP contribution in [0.15, 0.2) is 42.7 Å². The Hall–Kier alpha value is -2.96. The summed E-state index contributed by atoms with van der Waals surface area (Å²) in [6.07, 6.45) is 4.21. The van der Waals surface area contributed by atoms with Gasteiger partial charge < -0.3 is 9.80 Å². The lowest BCUT2D eigenvalue weighted by molar-refractivity contribution is -0.135. The summed E-state index contributed by atoms with van der Waals surface area (Å²) < 4.78 is 1.75. The Balaban J connectivity index is 1.42. The monoisotopic (exact) mass is 378 g/mol. The minimum atomic E-state index is 0.0753. The van der Waals surface area contributed by atoms with Crippen LogP contribution in [0.2, 0.25) is 0 Å². The molecule has 146 valence electrons. The molecule has 0 spiro atoms. The number of carbonyl (C=O) groups excluding carboxylic acids is 1. The molecule has 28 heavy (non-hydrogen) atoms. The lowest BCUT2D eigenvalue weighted by atomic mass is 9.95. The Morgan fingerprint density at radius 2 is 1.96 bits per heavy atom. The van der Waals surface area contributed by atoms with Gasteiger partial charge in [0.2, 0.25) is 11.6 Å². The van der Waals surface area contributed by atoms with Crippen LogP contribution in [0.3, 0.4) is 0 Å². The molecule has 0 bridgehead atoms. The maximum atomic E-state index is 12.9. The molecule has 4 rings (SSSR count). The first-order valence-electron chi connectivity index (χ1n) is 9.89. The number of nitrogens with zero attached hydrogens (tertiary/aromatic N) is 6. The Labute approximate surface area is 165 Å². The van der Waals surface area contributed by atoms with Gasteiger partial charge in [0.05, 0.1) is 11.4 Å². The summed E-state index contributed by atoms with van der Waals surface area (Å²) in [4.78, 5) is 17.1. The van der Waals surface area contributed by atoms with Gasteiger partial charge >= 0.3 is 0 Å². The zero-order chi connectivity index (χ0) is 19.5. The summed E-state index contributed by atoms with van der Waals surface area (Å²) in [5, 5.41) is 12.8. The molecule has 0 N–H and O–H groups in total. The van der Waals surface area contributed by atoms with E-state index in [1.165, 1.54) is 0 Å². The lowest BCUT2D eigenvalue weighted by Gasteiger charge is -2.34. The molecule has 7 nitrogen and oxygen atoms in total. The summed E-state index contributed by atoms with van der Waals surface area (Å²) in [6.45, 7) is 4.43. The van der Waals surface area contributed by atoms with Crippen molar-refractivity contribution in [3.8, 4) is 0 Å². The second kappa shape index (κ2) is 7.96. The number of rotatable bonds is 5. The minimum Gasteiger partial charge on any atom is -0.368 e. The van der Waals surface area contributed by atoms with Crippen molar-refractivity contribution in [3.05, 3.63) is 54.0 Å². The van der Waals surface area contributed by atoms with Crippen molar-refractivity contribution in [1.82, 2.24) is 24.7 Å². The van der Waals surface area contributed by atoms with Crippen LogP contribution in [-0.2, 0) is 17.8 Å². The van der Waals surface area contributed by atoms with E-state index in [0.29, 0.717) is 6.54 Å². The van der Waals surface area contributed by atoms with E-state index in [4.69, 9.17) is 0 Å². The highest BCUT2D eigenvalue weighted by Gasteiger charge is 2.28. The van der Waals surface area contributed by atoms with Crippen LogP contribution in [0.4, 0.5) is 5.69 Å². The summed E-state index contributed by atoms with van der Waals surface area (Å²) in [5.41, 5.74) is 4.02. The first-order valence-corrected chi connectivity index (χ1v) is 9.89. The number of aromatic nitrogens is 4. The summed E-state index contributed by atoms with van der Waals surface area (Å²) in [5.74, 6) is 0.312. The molecular weight excluding hydrogens is 352 g/mol. The summed E-state index contributed by atoms with van der Waals surface area (Å²) in [6, 6.07) is 12.2. The minimum absolute atomic E-state index is 0.0753. The zero-order valence-electron chi connectivity index (χ0n) is 16.5. The SMILES string of the molecule is CCc1cc(N2CCC(C(=O)N(C)Cc3ccccc3)CC2)c2nncn2n1. The Kier molecular flexibility index (Phi) is 5.23. The molecule has 3 aromatic rings. The van der Waals surface area contributed by atoms with Crippen LogP contribution >= 0.6 is 0 Å². The number of aryl methyl sites for hydroxylation is 1. The highest BCUT2D eigenvalue weighted by molar-refractivity contribution is 5.79. The van der Waals surface area contributed by atoms with Gasteiger partial charge in [0.25, 0.3) is 0 Å². The van der Waals surface area contributed by atoms with Crippen molar-refractivity contribution < 1.29 is 4.79 Å². The number of piperidine rings is 1. The molecule has 1 aliphatic heterocycles. The van der Waals surface area contributed by atoms with Gasteiger partial charge in [-0.25, -0.2) is 0 Å². The molecule has 0 saturated carbocycles. The fraction of sp³-hybridized carbons (Fsp3) is 0.429. The Bertz CT molecular complexity index is 946. The molecule has 3 heterocycles. The molecule has 0 aliphatic carbocycles. The summed E-state index contributed by atoms with van der Waals surface area (Å²) >= 11 is 0. The van der Waals surface area contributed by atoms with E-state index < -0.39 is 0 Å². The molecule has 1 aromatic carbocycles. The highest BCUT2D eigenvalue weighted by atomic mass is 16.2. The van der Waals surface area contributed by atoms with E-state index in [9.17, 15) is 4.79 Å². The maximum absolute atomic E-state index is 12.9. The van der Waals surface area contributed by atoms with Crippen molar-refractivity contribution in [2.75, 3.05) is 25.0 Å². The number of anilines is 1. The number of benzene rings is 1. The van der Waals surface area contributed by atoms with Crippen LogP contribution in [0.1, 0.15) is 31.0 Å². The van der Waals surface area contributed by atoms with Gasteiger partial charge in [-0.3, -0.25) is 4.79 Å². The van der Waals surface area contributed by atoms with Crippen molar-refractivity contribution in [2.45, 2.75) is 32.7 Å². The predicted molar refractivity (Wildman–Crippen MR) is 108 cm³/mol. The van der Waals surface area contributed by atoms with Crippen LogP contribution in [0.5, 0.6) is 0 Å². The van der Waals surface area contributed by atoms with Gasteiger partial charge in [0.15, 0.2) is 0 Å². The van der Waals surface area contributed by atoms with Gasteiger partial charge in [-0.1, -0.05) is 37.3 Å². The lowest BCUT2D eigenvalue weighted by Crippen LogP contribution is -2.41. The molecule has 1 saturated heterocycles. The molecule has 0 atom stereocenters. The number of hydrogen-bond acceptors (Lipinski definition) is 5. The molecule has 0 unspecified atom stereocenters. The van der Waals surface area contributed by atoms with E-state index in [-0.39, 0.29) is 11.8 Å². The zero-order valence-corrected chi connectivity index (χ0v) is 16.5. The third-order valence-corrected chi connectivity index (χ3v) is 5.49. The van der Waals surface area contributed by atoms with Gasteiger partial charge in [0.1, 0.15) is 6.33 Å².